The Labute approximate surface area is 116 Å². The maximum Gasteiger partial charge on any atom is 0.166 e. The molecular weight excluding hydrogens is 232 g/mol. The first-order valence-electron chi connectivity index (χ1n) is 7.89. The lowest BCUT2D eigenvalue weighted by molar-refractivity contribution is 0.0873. The molecule has 2 aliphatic carbocycles. The van der Waals surface area contributed by atoms with Crippen LogP contribution in [-0.4, -0.2) is 5.78 Å². The van der Waals surface area contributed by atoms with E-state index in [4.69, 9.17) is 0 Å². The van der Waals surface area contributed by atoms with Crippen LogP contribution < -0.4 is 0 Å². The summed E-state index contributed by atoms with van der Waals surface area (Å²) in [6.45, 7) is 2.31. The van der Waals surface area contributed by atoms with Gasteiger partial charge in [-0.05, 0) is 43.1 Å². The molecule has 0 saturated heterocycles. The van der Waals surface area contributed by atoms with Crippen molar-refractivity contribution < 1.29 is 4.79 Å². The quantitative estimate of drug-likeness (QED) is 0.698. The summed E-state index contributed by atoms with van der Waals surface area (Å²) in [5, 5.41) is 0. The number of hydrogen-bond acceptors (Lipinski definition) is 1. The molecule has 1 heteroatoms. The zero-order valence-electron chi connectivity index (χ0n) is 11.9. The van der Waals surface area contributed by atoms with Gasteiger partial charge in [0.1, 0.15) is 0 Å². The molecule has 0 N–H and O–H groups in total. The second-order valence-corrected chi connectivity index (χ2v) is 6.54. The summed E-state index contributed by atoms with van der Waals surface area (Å²) in [7, 11) is 0. The van der Waals surface area contributed by atoms with E-state index in [1.54, 1.807) is 0 Å². The molecule has 2 fully saturated rings. The van der Waals surface area contributed by atoms with E-state index >= 15 is 0 Å². The number of benzene rings is 1. The maximum atomic E-state index is 12.8. The van der Waals surface area contributed by atoms with Gasteiger partial charge < -0.3 is 0 Å². The number of ketones is 1. The van der Waals surface area contributed by atoms with Gasteiger partial charge in [0, 0.05) is 11.5 Å². The molecule has 0 amide bonds. The molecule has 2 saturated carbocycles. The highest BCUT2D eigenvalue weighted by atomic mass is 16.1. The van der Waals surface area contributed by atoms with Crippen LogP contribution in [0.4, 0.5) is 0 Å². The van der Waals surface area contributed by atoms with E-state index in [9.17, 15) is 4.79 Å². The predicted octanol–water partition coefficient (Wildman–Crippen LogP) is 4.96. The van der Waals surface area contributed by atoms with Gasteiger partial charge in [-0.25, -0.2) is 0 Å². The van der Waals surface area contributed by atoms with Crippen LogP contribution in [0.15, 0.2) is 24.3 Å². The zero-order chi connectivity index (χ0) is 13.2. The average Bonchev–Trinajstić information content (AvgIpc) is 2.37. The Morgan fingerprint density at radius 1 is 1.00 bits per heavy atom. The number of rotatable bonds is 3. The summed E-state index contributed by atoms with van der Waals surface area (Å²) in [4.78, 5) is 12.8. The fourth-order valence-electron chi connectivity index (χ4n) is 3.54. The molecule has 0 heterocycles. The summed E-state index contributed by atoms with van der Waals surface area (Å²) in [5.41, 5.74) is 2.36. The van der Waals surface area contributed by atoms with Crippen molar-refractivity contribution in [2.75, 3.05) is 0 Å². The smallest absolute Gasteiger partial charge is 0.166 e. The molecule has 1 nitrogen and oxygen atoms in total. The van der Waals surface area contributed by atoms with Crippen LogP contribution in [0.25, 0.3) is 0 Å². The molecule has 0 unspecified atom stereocenters. The predicted molar refractivity (Wildman–Crippen MR) is 78.5 cm³/mol. The molecule has 1 aromatic carbocycles. The van der Waals surface area contributed by atoms with Crippen LogP contribution in [0.2, 0.25) is 0 Å². The van der Waals surface area contributed by atoms with E-state index in [2.05, 4.69) is 25.1 Å². The number of carbonyl (C=O) groups excluding carboxylic acids is 1. The Bertz CT molecular complexity index is 451. The van der Waals surface area contributed by atoms with Crippen molar-refractivity contribution in [3.63, 3.8) is 0 Å². The van der Waals surface area contributed by atoms with Gasteiger partial charge in [0.2, 0.25) is 0 Å². The first-order chi connectivity index (χ1) is 9.25. The molecule has 0 spiro atoms. The molecule has 2 aliphatic rings. The van der Waals surface area contributed by atoms with Gasteiger partial charge in [-0.2, -0.15) is 0 Å². The van der Waals surface area contributed by atoms with Crippen molar-refractivity contribution in [1.82, 2.24) is 0 Å². The summed E-state index contributed by atoms with van der Waals surface area (Å²) in [5.74, 6) is 2.18. The van der Waals surface area contributed by atoms with Crippen LogP contribution >= 0.6 is 0 Å². The van der Waals surface area contributed by atoms with E-state index in [1.807, 2.05) is 6.07 Å². The Hall–Kier alpha value is -1.11. The fourth-order valence-corrected chi connectivity index (χ4v) is 3.54. The van der Waals surface area contributed by atoms with Gasteiger partial charge in [0.05, 0.1) is 0 Å². The van der Waals surface area contributed by atoms with Crippen molar-refractivity contribution in [1.29, 1.82) is 0 Å². The van der Waals surface area contributed by atoms with Gasteiger partial charge >= 0.3 is 0 Å². The zero-order valence-corrected chi connectivity index (χ0v) is 11.9. The van der Waals surface area contributed by atoms with E-state index in [0.717, 1.165) is 24.3 Å². The number of carbonyl (C=O) groups is 1. The molecule has 0 atom stereocenters. The maximum absolute atomic E-state index is 12.8. The minimum atomic E-state index is 0.289. The first-order valence-corrected chi connectivity index (χ1v) is 7.89. The van der Waals surface area contributed by atoms with Crippen LogP contribution in [0.3, 0.4) is 0 Å². The molecule has 19 heavy (non-hydrogen) atoms. The minimum absolute atomic E-state index is 0.289. The molecule has 0 bridgehead atoms. The number of hydrogen-bond donors (Lipinski definition) is 0. The second-order valence-electron chi connectivity index (χ2n) is 6.54. The Morgan fingerprint density at radius 3 is 2.32 bits per heavy atom. The van der Waals surface area contributed by atoms with Crippen LogP contribution in [0.5, 0.6) is 0 Å². The topological polar surface area (TPSA) is 17.1 Å². The fraction of sp³-hybridized carbons (Fsp3) is 0.611. The summed E-state index contributed by atoms with van der Waals surface area (Å²) < 4.78 is 0. The molecule has 0 aliphatic heterocycles. The van der Waals surface area contributed by atoms with Gasteiger partial charge in [0.25, 0.3) is 0 Å². The first kappa shape index (κ1) is 12.9. The lowest BCUT2D eigenvalue weighted by atomic mass is 9.74. The highest BCUT2D eigenvalue weighted by molar-refractivity contribution is 5.99. The highest BCUT2D eigenvalue weighted by Gasteiger charge is 2.29. The third kappa shape index (κ3) is 2.61. The molecule has 3 rings (SSSR count). The largest absolute Gasteiger partial charge is 0.294 e. The highest BCUT2D eigenvalue weighted by Crippen LogP contribution is 2.39. The van der Waals surface area contributed by atoms with Crippen LogP contribution in [-0.2, 0) is 0 Å². The van der Waals surface area contributed by atoms with Crippen LogP contribution in [0, 0.1) is 11.8 Å². The normalized spacial score (nSPS) is 27.8. The van der Waals surface area contributed by atoms with Crippen molar-refractivity contribution in [3.05, 3.63) is 35.4 Å². The number of Topliss-reactive ketones (excluding diaryl/α,β-unsaturated/α-hetero) is 1. The minimum Gasteiger partial charge on any atom is -0.294 e. The molecule has 1 aromatic rings. The van der Waals surface area contributed by atoms with Gasteiger partial charge in [-0.3, -0.25) is 4.79 Å². The van der Waals surface area contributed by atoms with Gasteiger partial charge in [-0.15, -0.1) is 0 Å². The van der Waals surface area contributed by atoms with Crippen molar-refractivity contribution in [3.8, 4) is 0 Å². The summed E-state index contributed by atoms with van der Waals surface area (Å²) >= 11 is 0. The van der Waals surface area contributed by atoms with E-state index in [1.165, 1.54) is 37.7 Å². The standard InChI is InChI=1S/C18H24O/c1-13-9-11-15(12-10-13)18(19)17-8-3-2-7-16(17)14-5-4-6-14/h2-3,7-8,13-15H,4-6,9-12H2,1H3. The van der Waals surface area contributed by atoms with Crippen LogP contribution in [0.1, 0.15) is 73.7 Å². The monoisotopic (exact) mass is 256 g/mol. The van der Waals surface area contributed by atoms with E-state index in [-0.39, 0.29) is 5.92 Å². The average molecular weight is 256 g/mol. The van der Waals surface area contributed by atoms with Gasteiger partial charge in [-0.1, -0.05) is 50.5 Å². The third-order valence-corrected chi connectivity index (χ3v) is 5.16. The molecular formula is C18H24O. The molecule has 102 valence electrons. The Kier molecular flexibility index (Phi) is 3.72. The lowest BCUT2D eigenvalue weighted by Gasteiger charge is -2.30. The Morgan fingerprint density at radius 2 is 1.68 bits per heavy atom. The second kappa shape index (κ2) is 5.48. The summed E-state index contributed by atoms with van der Waals surface area (Å²) in [6.07, 6.45) is 8.51. The molecule has 0 radical (unpaired) electrons. The third-order valence-electron chi connectivity index (χ3n) is 5.16. The SMILES string of the molecule is CC1CCC(C(=O)c2ccccc2C2CCC2)CC1. The van der Waals surface area contributed by atoms with Gasteiger partial charge in [0.15, 0.2) is 5.78 Å². The Balaban J connectivity index is 1.79. The molecule has 0 aromatic heterocycles. The van der Waals surface area contributed by atoms with E-state index in [0.29, 0.717) is 11.7 Å². The lowest BCUT2D eigenvalue weighted by Crippen LogP contribution is -2.23. The van der Waals surface area contributed by atoms with Crippen molar-refractivity contribution in [2.24, 2.45) is 11.8 Å². The van der Waals surface area contributed by atoms with Crippen molar-refractivity contribution >= 4 is 5.78 Å². The van der Waals surface area contributed by atoms with Crippen molar-refractivity contribution in [2.45, 2.75) is 57.8 Å². The summed E-state index contributed by atoms with van der Waals surface area (Å²) in [6, 6.07) is 8.37. The van der Waals surface area contributed by atoms with E-state index < -0.39 is 0 Å².